The molecule has 1 N–H and O–H groups in total. The zero-order valence-corrected chi connectivity index (χ0v) is 16.0. The molecule has 1 aliphatic rings. The van der Waals surface area contributed by atoms with Crippen LogP contribution in [0.2, 0.25) is 0 Å². The Balaban J connectivity index is 1.77. The molecule has 1 aliphatic heterocycles. The van der Waals surface area contributed by atoms with Crippen LogP contribution < -0.4 is 5.32 Å². The minimum absolute atomic E-state index is 0.561. The van der Waals surface area contributed by atoms with Crippen LogP contribution in [0.3, 0.4) is 0 Å². The van der Waals surface area contributed by atoms with Gasteiger partial charge in [0.25, 0.3) is 0 Å². The van der Waals surface area contributed by atoms with Gasteiger partial charge in [-0.3, -0.25) is 4.99 Å². The number of hydrogen-bond donors (Lipinski definition) is 1. The van der Waals surface area contributed by atoms with Crippen molar-refractivity contribution < 1.29 is 4.74 Å². The summed E-state index contributed by atoms with van der Waals surface area (Å²) in [6.45, 7) is 9.77. The standard InChI is InChI=1S/C19H31N3OS/c1-4-20-19(21-12-16(2)24-3)22-11-10-18(13-22)15-23-14-17-8-6-5-7-9-17/h5-9,16,18H,4,10-15H2,1-3H3,(H,20,21). The van der Waals surface area contributed by atoms with Gasteiger partial charge in [0, 0.05) is 30.8 Å². The third-order valence-corrected chi connectivity index (χ3v) is 5.24. The van der Waals surface area contributed by atoms with Crippen molar-refractivity contribution in [3.8, 4) is 0 Å². The lowest BCUT2D eigenvalue weighted by Gasteiger charge is -2.22. The fraction of sp³-hybridized carbons (Fsp3) is 0.632. The Hall–Kier alpha value is -1.20. The number of ether oxygens (including phenoxy) is 1. The van der Waals surface area contributed by atoms with Crippen molar-refractivity contribution in [2.75, 3.05) is 39.0 Å². The van der Waals surface area contributed by atoms with Crippen molar-refractivity contribution >= 4 is 17.7 Å². The predicted molar refractivity (Wildman–Crippen MR) is 105 cm³/mol. The highest BCUT2D eigenvalue weighted by molar-refractivity contribution is 7.99. The summed E-state index contributed by atoms with van der Waals surface area (Å²) in [4.78, 5) is 7.18. The second kappa shape index (κ2) is 10.6. The Kier molecular flexibility index (Phi) is 8.47. The van der Waals surface area contributed by atoms with E-state index >= 15 is 0 Å². The summed E-state index contributed by atoms with van der Waals surface area (Å²) in [7, 11) is 0. The van der Waals surface area contributed by atoms with Crippen LogP contribution in [0.25, 0.3) is 0 Å². The van der Waals surface area contributed by atoms with Crippen molar-refractivity contribution in [1.82, 2.24) is 10.2 Å². The number of aliphatic imine (C=N–C) groups is 1. The molecule has 24 heavy (non-hydrogen) atoms. The van der Waals surface area contributed by atoms with Crippen molar-refractivity contribution in [3.05, 3.63) is 35.9 Å². The highest BCUT2D eigenvalue weighted by Gasteiger charge is 2.25. The van der Waals surface area contributed by atoms with Crippen LogP contribution in [0.15, 0.2) is 35.3 Å². The summed E-state index contributed by atoms with van der Waals surface area (Å²) in [6.07, 6.45) is 3.32. The van der Waals surface area contributed by atoms with Crippen LogP contribution in [0.4, 0.5) is 0 Å². The van der Waals surface area contributed by atoms with Crippen LogP contribution >= 0.6 is 11.8 Å². The molecule has 2 unspecified atom stereocenters. The van der Waals surface area contributed by atoms with E-state index < -0.39 is 0 Å². The second-order valence-corrected chi connectivity index (χ2v) is 7.62. The monoisotopic (exact) mass is 349 g/mol. The van der Waals surface area contributed by atoms with Crippen molar-refractivity contribution in [2.24, 2.45) is 10.9 Å². The SMILES string of the molecule is CCNC(=NCC(C)SC)N1CCC(COCc2ccccc2)C1. The van der Waals surface area contributed by atoms with Gasteiger partial charge in [0.1, 0.15) is 0 Å². The zero-order valence-electron chi connectivity index (χ0n) is 15.2. The van der Waals surface area contributed by atoms with Gasteiger partial charge in [0.15, 0.2) is 5.96 Å². The van der Waals surface area contributed by atoms with E-state index in [9.17, 15) is 0 Å². The van der Waals surface area contributed by atoms with E-state index in [4.69, 9.17) is 9.73 Å². The molecule has 134 valence electrons. The summed E-state index contributed by atoms with van der Waals surface area (Å²) in [5.41, 5.74) is 1.24. The van der Waals surface area contributed by atoms with Crippen LogP contribution in [0.5, 0.6) is 0 Å². The van der Waals surface area contributed by atoms with Gasteiger partial charge in [-0.2, -0.15) is 11.8 Å². The van der Waals surface area contributed by atoms with E-state index in [1.54, 1.807) is 0 Å². The maximum Gasteiger partial charge on any atom is 0.193 e. The molecule has 2 rings (SSSR count). The zero-order chi connectivity index (χ0) is 17.2. The number of nitrogens with zero attached hydrogens (tertiary/aromatic N) is 2. The number of thioether (sulfide) groups is 1. The van der Waals surface area contributed by atoms with E-state index in [-0.39, 0.29) is 0 Å². The first-order valence-corrected chi connectivity index (χ1v) is 10.2. The fourth-order valence-corrected chi connectivity index (χ4v) is 3.02. The van der Waals surface area contributed by atoms with E-state index in [1.807, 2.05) is 17.8 Å². The molecule has 1 aromatic rings. The molecule has 0 aliphatic carbocycles. The Morgan fingerprint density at radius 3 is 2.92 bits per heavy atom. The van der Waals surface area contributed by atoms with Crippen molar-refractivity contribution in [3.63, 3.8) is 0 Å². The number of likely N-dealkylation sites (tertiary alicyclic amines) is 1. The smallest absolute Gasteiger partial charge is 0.193 e. The van der Waals surface area contributed by atoms with Gasteiger partial charge in [-0.1, -0.05) is 37.3 Å². The summed E-state index contributed by atoms with van der Waals surface area (Å²) in [5.74, 6) is 1.65. The largest absolute Gasteiger partial charge is 0.376 e. The minimum atomic E-state index is 0.561. The fourth-order valence-electron chi connectivity index (χ4n) is 2.79. The summed E-state index contributed by atoms with van der Waals surface area (Å²) < 4.78 is 5.92. The summed E-state index contributed by atoms with van der Waals surface area (Å²) >= 11 is 1.86. The lowest BCUT2D eigenvalue weighted by Crippen LogP contribution is -2.40. The van der Waals surface area contributed by atoms with Crippen LogP contribution in [0, 0.1) is 5.92 Å². The maximum absolute atomic E-state index is 5.92. The van der Waals surface area contributed by atoms with Crippen molar-refractivity contribution in [2.45, 2.75) is 32.1 Å². The predicted octanol–water partition coefficient (Wildman–Crippen LogP) is 3.24. The molecular formula is C19H31N3OS. The maximum atomic E-state index is 5.92. The molecule has 1 heterocycles. The normalized spacial score (nSPS) is 19.5. The Bertz CT molecular complexity index is 495. The van der Waals surface area contributed by atoms with Gasteiger partial charge in [-0.05, 0) is 25.2 Å². The van der Waals surface area contributed by atoms with E-state index in [0.717, 1.165) is 38.7 Å². The molecule has 1 fully saturated rings. The third kappa shape index (κ3) is 6.36. The van der Waals surface area contributed by atoms with Gasteiger partial charge >= 0.3 is 0 Å². The Labute approximate surface area is 151 Å². The molecule has 0 saturated carbocycles. The number of hydrogen-bond acceptors (Lipinski definition) is 3. The molecule has 1 aromatic carbocycles. The van der Waals surface area contributed by atoms with E-state index in [0.29, 0.717) is 17.8 Å². The molecule has 0 bridgehead atoms. The van der Waals surface area contributed by atoms with Gasteiger partial charge in [-0.15, -0.1) is 0 Å². The van der Waals surface area contributed by atoms with Gasteiger partial charge < -0.3 is 15.0 Å². The average Bonchev–Trinajstić information content (AvgIpc) is 3.08. The van der Waals surface area contributed by atoms with Crippen LogP contribution in [0.1, 0.15) is 25.8 Å². The van der Waals surface area contributed by atoms with Crippen LogP contribution in [-0.4, -0.2) is 55.2 Å². The van der Waals surface area contributed by atoms with Crippen molar-refractivity contribution in [1.29, 1.82) is 0 Å². The molecule has 0 amide bonds. The lowest BCUT2D eigenvalue weighted by molar-refractivity contribution is 0.0907. The molecule has 0 spiro atoms. The van der Waals surface area contributed by atoms with E-state index in [1.165, 1.54) is 12.0 Å². The number of benzene rings is 1. The summed E-state index contributed by atoms with van der Waals surface area (Å²) in [5, 5.41) is 3.99. The van der Waals surface area contributed by atoms with Gasteiger partial charge in [-0.25, -0.2) is 0 Å². The summed E-state index contributed by atoms with van der Waals surface area (Å²) in [6, 6.07) is 10.4. The minimum Gasteiger partial charge on any atom is -0.376 e. The molecule has 0 aromatic heterocycles. The molecule has 4 nitrogen and oxygen atoms in total. The molecule has 0 radical (unpaired) electrons. The lowest BCUT2D eigenvalue weighted by atomic mass is 10.1. The second-order valence-electron chi connectivity index (χ2n) is 6.34. The first-order chi connectivity index (χ1) is 11.7. The Morgan fingerprint density at radius 2 is 2.21 bits per heavy atom. The first kappa shape index (κ1) is 19.1. The number of guanidine groups is 1. The molecule has 5 heteroatoms. The molecular weight excluding hydrogens is 318 g/mol. The van der Waals surface area contributed by atoms with Gasteiger partial charge in [0.05, 0.1) is 19.8 Å². The first-order valence-electron chi connectivity index (χ1n) is 8.90. The molecule has 2 atom stereocenters. The number of rotatable bonds is 8. The Morgan fingerprint density at radius 1 is 1.42 bits per heavy atom. The quantitative estimate of drug-likeness (QED) is 0.577. The van der Waals surface area contributed by atoms with Gasteiger partial charge in [0.2, 0.25) is 0 Å². The molecule has 1 saturated heterocycles. The highest BCUT2D eigenvalue weighted by atomic mass is 32.2. The highest BCUT2D eigenvalue weighted by Crippen LogP contribution is 2.17. The van der Waals surface area contributed by atoms with E-state index in [2.05, 4.69) is 54.6 Å². The third-order valence-electron chi connectivity index (χ3n) is 4.29. The topological polar surface area (TPSA) is 36.9 Å². The van der Waals surface area contributed by atoms with Crippen LogP contribution in [-0.2, 0) is 11.3 Å². The average molecular weight is 350 g/mol. The number of nitrogens with one attached hydrogen (secondary N) is 1.